The highest BCUT2D eigenvalue weighted by molar-refractivity contribution is 5.82. The predicted molar refractivity (Wildman–Crippen MR) is 93.7 cm³/mol. The number of nitrogens with one attached hydrogen (secondary N) is 1. The smallest absolute Gasteiger partial charge is 0.237 e. The lowest BCUT2D eigenvalue weighted by atomic mass is 9.95. The molecule has 2 amide bonds. The minimum Gasteiger partial charge on any atom is -0.385 e. The van der Waals surface area contributed by atoms with Crippen molar-refractivity contribution in [3.63, 3.8) is 0 Å². The fourth-order valence-electron chi connectivity index (χ4n) is 3.96. The standard InChI is InChI=1S/C18H33N3O3/c1-3-16(22)20-10-12-21(13-11-20)17(15-7-4-5-8-15)18(23)19-9-6-14-24-2/h15,17H,3-14H2,1-2H3,(H,19,23)/t17-/m0/s1. The molecule has 1 saturated carbocycles. The molecule has 138 valence electrons. The Bertz CT molecular complexity index is 402. The second-order valence-corrected chi connectivity index (χ2v) is 6.90. The first kappa shape index (κ1) is 19.2. The summed E-state index contributed by atoms with van der Waals surface area (Å²) in [5.41, 5.74) is 0. The number of carbonyl (C=O) groups is 2. The molecule has 24 heavy (non-hydrogen) atoms. The summed E-state index contributed by atoms with van der Waals surface area (Å²) in [5, 5.41) is 3.10. The molecule has 1 atom stereocenters. The average molecular weight is 339 g/mol. The van der Waals surface area contributed by atoms with E-state index in [0.717, 1.165) is 45.4 Å². The van der Waals surface area contributed by atoms with E-state index in [9.17, 15) is 9.59 Å². The molecule has 2 rings (SSSR count). The fourth-order valence-corrected chi connectivity index (χ4v) is 3.96. The Morgan fingerprint density at radius 1 is 1.17 bits per heavy atom. The van der Waals surface area contributed by atoms with Crippen molar-refractivity contribution in [1.82, 2.24) is 15.1 Å². The van der Waals surface area contributed by atoms with Crippen molar-refractivity contribution in [2.45, 2.75) is 51.5 Å². The van der Waals surface area contributed by atoms with Crippen LogP contribution in [-0.2, 0) is 14.3 Å². The van der Waals surface area contributed by atoms with Gasteiger partial charge in [0.1, 0.15) is 0 Å². The first-order chi connectivity index (χ1) is 11.7. The summed E-state index contributed by atoms with van der Waals surface area (Å²) in [4.78, 5) is 28.9. The lowest BCUT2D eigenvalue weighted by Gasteiger charge is -2.40. The van der Waals surface area contributed by atoms with Crippen LogP contribution in [0.25, 0.3) is 0 Å². The van der Waals surface area contributed by atoms with Crippen molar-refractivity contribution in [1.29, 1.82) is 0 Å². The highest BCUT2D eigenvalue weighted by Gasteiger charge is 2.36. The molecule has 0 unspecified atom stereocenters. The first-order valence-corrected chi connectivity index (χ1v) is 9.45. The van der Waals surface area contributed by atoms with Gasteiger partial charge in [0.2, 0.25) is 11.8 Å². The van der Waals surface area contributed by atoms with Crippen molar-refractivity contribution >= 4 is 11.8 Å². The fraction of sp³-hybridized carbons (Fsp3) is 0.889. The number of methoxy groups -OCH3 is 1. The van der Waals surface area contributed by atoms with Crippen molar-refractivity contribution in [3.8, 4) is 0 Å². The van der Waals surface area contributed by atoms with Gasteiger partial charge in [-0.1, -0.05) is 19.8 Å². The van der Waals surface area contributed by atoms with Crippen molar-refractivity contribution < 1.29 is 14.3 Å². The van der Waals surface area contributed by atoms with Gasteiger partial charge in [-0.2, -0.15) is 0 Å². The van der Waals surface area contributed by atoms with Gasteiger partial charge in [0.25, 0.3) is 0 Å². The van der Waals surface area contributed by atoms with Gasteiger partial charge in [-0.3, -0.25) is 14.5 Å². The van der Waals surface area contributed by atoms with Gasteiger partial charge in [-0.15, -0.1) is 0 Å². The molecule has 1 aliphatic heterocycles. The second-order valence-electron chi connectivity index (χ2n) is 6.90. The first-order valence-electron chi connectivity index (χ1n) is 9.45. The van der Waals surface area contributed by atoms with Gasteiger partial charge in [0, 0.05) is 52.9 Å². The molecular weight excluding hydrogens is 306 g/mol. The maximum absolute atomic E-state index is 12.8. The quantitative estimate of drug-likeness (QED) is 0.676. The zero-order valence-corrected chi connectivity index (χ0v) is 15.3. The Kier molecular flexibility index (Phi) is 7.99. The van der Waals surface area contributed by atoms with Crippen LogP contribution in [0.2, 0.25) is 0 Å². The lowest BCUT2D eigenvalue weighted by molar-refractivity contribution is -0.135. The van der Waals surface area contributed by atoms with E-state index < -0.39 is 0 Å². The molecule has 6 nitrogen and oxygen atoms in total. The molecule has 1 aliphatic carbocycles. The molecule has 1 heterocycles. The summed E-state index contributed by atoms with van der Waals surface area (Å²) in [6, 6.07) is -0.0334. The van der Waals surface area contributed by atoms with Crippen molar-refractivity contribution in [3.05, 3.63) is 0 Å². The van der Waals surface area contributed by atoms with E-state index in [1.54, 1.807) is 7.11 Å². The molecule has 2 fully saturated rings. The molecular formula is C18H33N3O3. The average Bonchev–Trinajstić information content (AvgIpc) is 3.13. The van der Waals surface area contributed by atoms with E-state index in [0.29, 0.717) is 25.5 Å². The van der Waals surface area contributed by atoms with Crippen LogP contribution in [0.15, 0.2) is 0 Å². The summed E-state index contributed by atoms with van der Waals surface area (Å²) >= 11 is 0. The third-order valence-electron chi connectivity index (χ3n) is 5.30. The zero-order chi connectivity index (χ0) is 17.4. The lowest BCUT2D eigenvalue weighted by Crippen LogP contribution is -2.58. The Labute approximate surface area is 145 Å². The molecule has 0 spiro atoms. The van der Waals surface area contributed by atoms with E-state index in [1.165, 1.54) is 12.8 Å². The van der Waals surface area contributed by atoms with E-state index in [2.05, 4.69) is 10.2 Å². The van der Waals surface area contributed by atoms with Crippen LogP contribution >= 0.6 is 0 Å². The minimum atomic E-state index is -0.0334. The maximum Gasteiger partial charge on any atom is 0.237 e. The van der Waals surface area contributed by atoms with E-state index in [1.807, 2.05) is 11.8 Å². The van der Waals surface area contributed by atoms with Gasteiger partial charge in [0.15, 0.2) is 0 Å². The summed E-state index contributed by atoms with van der Waals surface area (Å²) in [6.07, 6.45) is 6.15. The largest absolute Gasteiger partial charge is 0.385 e. The third kappa shape index (κ3) is 5.18. The van der Waals surface area contributed by atoms with Gasteiger partial charge in [0.05, 0.1) is 6.04 Å². The number of hydrogen-bond acceptors (Lipinski definition) is 4. The Balaban J connectivity index is 1.91. The minimum absolute atomic E-state index is 0.0334. The van der Waals surface area contributed by atoms with E-state index >= 15 is 0 Å². The zero-order valence-electron chi connectivity index (χ0n) is 15.3. The van der Waals surface area contributed by atoms with Crippen LogP contribution in [0.1, 0.15) is 45.4 Å². The summed E-state index contributed by atoms with van der Waals surface area (Å²) < 4.78 is 5.05. The van der Waals surface area contributed by atoms with E-state index in [-0.39, 0.29) is 17.9 Å². The van der Waals surface area contributed by atoms with Crippen molar-refractivity contribution in [2.75, 3.05) is 46.4 Å². The molecule has 0 aromatic carbocycles. The molecule has 2 aliphatic rings. The van der Waals surface area contributed by atoms with Gasteiger partial charge >= 0.3 is 0 Å². The molecule has 0 bridgehead atoms. The number of amides is 2. The Morgan fingerprint density at radius 2 is 1.83 bits per heavy atom. The summed E-state index contributed by atoms with van der Waals surface area (Å²) in [5.74, 6) is 0.838. The molecule has 1 N–H and O–H groups in total. The predicted octanol–water partition coefficient (Wildman–Crippen LogP) is 1.25. The SMILES string of the molecule is CCC(=O)N1CCN([C@H](C(=O)NCCCOC)C2CCCC2)CC1. The Hall–Kier alpha value is -1.14. The van der Waals surface area contributed by atoms with Crippen LogP contribution < -0.4 is 5.32 Å². The van der Waals surface area contributed by atoms with Crippen LogP contribution in [0.5, 0.6) is 0 Å². The van der Waals surface area contributed by atoms with Gasteiger partial charge in [-0.25, -0.2) is 0 Å². The van der Waals surface area contributed by atoms with E-state index in [4.69, 9.17) is 4.74 Å². The number of nitrogens with zero attached hydrogens (tertiary/aromatic N) is 2. The number of ether oxygens (including phenoxy) is 1. The van der Waals surface area contributed by atoms with Gasteiger partial charge in [-0.05, 0) is 25.2 Å². The normalized spacial score (nSPS) is 21.0. The number of hydrogen-bond donors (Lipinski definition) is 1. The summed E-state index contributed by atoms with van der Waals surface area (Å²) in [7, 11) is 1.68. The molecule has 0 radical (unpaired) electrons. The highest BCUT2D eigenvalue weighted by atomic mass is 16.5. The topological polar surface area (TPSA) is 61.9 Å². The molecule has 0 aromatic rings. The van der Waals surface area contributed by atoms with Crippen LogP contribution in [-0.4, -0.2) is 74.1 Å². The molecule has 1 saturated heterocycles. The van der Waals surface area contributed by atoms with Gasteiger partial charge < -0.3 is 15.0 Å². The Morgan fingerprint density at radius 3 is 2.42 bits per heavy atom. The third-order valence-corrected chi connectivity index (χ3v) is 5.30. The second kappa shape index (κ2) is 9.99. The van der Waals surface area contributed by atoms with Crippen LogP contribution in [0, 0.1) is 5.92 Å². The molecule has 6 heteroatoms. The molecule has 0 aromatic heterocycles. The number of carbonyl (C=O) groups excluding carboxylic acids is 2. The van der Waals surface area contributed by atoms with Crippen molar-refractivity contribution in [2.24, 2.45) is 5.92 Å². The number of rotatable bonds is 8. The van der Waals surface area contributed by atoms with Crippen LogP contribution in [0.3, 0.4) is 0 Å². The highest BCUT2D eigenvalue weighted by Crippen LogP contribution is 2.31. The number of piperazine rings is 1. The van der Waals surface area contributed by atoms with Crippen LogP contribution in [0.4, 0.5) is 0 Å². The monoisotopic (exact) mass is 339 g/mol. The summed E-state index contributed by atoms with van der Waals surface area (Å²) in [6.45, 7) is 6.34. The maximum atomic E-state index is 12.8.